The first-order valence-electron chi connectivity index (χ1n) is 9.26. The van der Waals surface area contributed by atoms with Gasteiger partial charge in [0.15, 0.2) is 0 Å². The van der Waals surface area contributed by atoms with Crippen LogP contribution in [0.5, 0.6) is 0 Å². The number of hydrogen-bond acceptors (Lipinski definition) is 4. The minimum atomic E-state index is -0.302. The van der Waals surface area contributed by atoms with Gasteiger partial charge in [-0.2, -0.15) is 0 Å². The highest BCUT2D eigenvalue weighted by Gasteiger charge is 2.40. The molecule has 0 aliphatic carbocycles. The molecule has 2 heterocycles. The standard InChI is InChI=1S/C22H25NO3/c1-13-11-14(2)19-18(12-13)21-17(5-4-10-26-21)20(23-19)15-6-8-16(9-7-15)22(24)25-3/h6-9,11-12,17,20-21,23H,4-5,10H2,1-3H3/t17-,20-,21-/m0/s1. The lowest BCUT2D eigenvalue weighted by atomic mass is 9.76. The van der Waals surface area contributed by atoms with Crippen LogP contribution in [0.4, 0.5) is 5.69 Å². The van der Waals surface area contributed by atoms with Crippen LogP contribution in [0.2, 0.25) is 0 Å². The minimum Gasteiger partial charge on any atom is -0.465 e. The van der Waals surface area contributed by atoms with E-state index in [4.69, 9.17) is 9.47 Å². The summed E-state index contributed by atoms with van der Waals surface area (Å²) in [5, 5.41) is 3.77. The largest absolute Gasteiger partial charge is 0.465 e. The molecule has 0 amide bonds. The highest BCUT2D eigenvalue weighted by molar-refractivity contribution is 5.89. The predicted molar refractivity (Wildman–Crippen MR) is 101 cm³/mol. The van der Waals surface area contributed by atoms with Crippen molar-refractivity contribution in [3.8, 4) is 0 Å². The number of fused-ring (bicyclic) bond motifs is 3. The van der Waals surface area contributed by atoms with Crippen LogP contribution in [0.3, 0.4) is 0 Å². The van der Waals surface area contributed by atoms with Gasteiger partial charge < -0.3 is 14.8 Å². The molecule has 0 aromatic heterocycles. The van der Waals surface area contributed by atoms with Crippen LogP contribution in [0.1, 0.15) is 57.6 Å². The lowest BCUT2D eigenvalue weighted by Crippen LogP contribution is -2.36. The van der Waals surface area contributed by atoms with Crippen LogP contribution in [0.15, 0.2) is 36.4 Å². The normalized spacial score (nSPS) is 24.2. The second-order valence-corrected chi connectivity index (χ2v) is 7.38. The van der Waals surface area contributed by atoms with Crippen molar-refractivity contribution in [1.82, 2.24) is 0 Å². The summed E-state index contributed by atoms with van der Waals surface area (Å²) < 4.78 is 11.0. The van der Waals surface area contributed by atoms with Crippen LogP contribution in [0.25, 0.3) is 0 Å². The van der Waals surface area contributed by atoms with Gasteiger partial charge in [0.1, 0.15) is 0 Å². The zero-order chi connectivity index (χ0) is 18.3. The van der Waals surface area contributed by atoms with Crippen molar-refractivity contribution < 1.29 is 14.3 Å². The topological polar surface area (TPSA) is 47.6 Å². The van der Waals surface area contributed by atoms with Gasteiger partial charge in [0, 0.05) is 23.8 Å². The second-order valence-electron chi connectivity index (χ2n) is 7.38. The summed E-state index contributed by atoms with van der Waals surface area (Å²) in [7, 11) is 1.41. The summed E-state index contributed by atoms with van der Waals surface area (Å²) in [6.07, 6.45) is 2.34. The summed E-state index contributed by atoms with van der Waals surface area (Å²) in [4.78, 5) is 11.7. The van der Waals surface area contributed by atoms with Gasteiger partial charge in [0.05, 0.1) is 24.8 Å². The average Bonchev–Trinajstić information content (AvgIpc) is 2.67. The number of carbonyl (C=O) groups is 1. The van der Waals surface area contributed by atoms with E-state index in [9.17, 15) is 4.79 Å². The van der Waals surface area contributed by atoms with Crippen molar-refractivity contribution in [2.75, 3.05) is 19.0 Å². The Balaban J connectivity index is 1.73. The Morgan fingerprint density at radius 3 is 2.69 bits per heavy atom. The van der Waals surface area contributed by atoms with E-state index in [-0.39, 0.29) is 18.1 Å². The lowest BCUT2D eigenvalue weighted by molar-refractivity contribution is -0.0382. The monoisotopic (exact) mass is 351 g/mol. The molecule has 0 bridgehead atoms. The zero-order valence-electron chi connectivity index (χ0n) is 15.5. The second kappa shape index (κ2) is 6.76. The molecular weight excluding hydrogens is 326 g/mol. The van der Waals surface area contributed by atoms with Crippen LogP contribution in [0, 0.1) is 19.8 Å². The Kier molecular flexibility index (Phi) is 4.45. The van der Waals surface area contributed by atoms with E-state index >= 15 is 0 Å². The van der Waals surface area contributed by atoms with Crippen molar-refractivity contribution in [1.29, 1.82) is 0 Å². The number of anilines is 1. The molecule has 26 heavy (non-hydrogen) atoms. The third-order valence-electron chi connectivity index (χ3n) is 5.60. The number of carbonyl (C=O) groups excluding carboxylic acids is 1. The summed E-state index contributed by atoms with van der Waals surface area (Å²) in [5.74, 6) is 0.0881. The molecule has 4 rings (SSSR count). The first-order valence-corrected chi connectivity index (χ1v) is 9.26. The van der Waals surface area contributed by atoms with E-state index in [1.54, 1.807) is 0 Å². The molecule has 1 saturated heterocycles. The molecular formula is C22H25NO3. The van der Waals surface area contributed by atoms with Crippen molar-refractivity contribution in [2.24, 2.45) is 5.92 Å². The molecule has 0 unspecified atom stereocenters. The average molecular weight is 351 g/mol. The Hall–Kier alpha value is -2.33. The van der Waals surface area contributed by atoms with E-state index < -0.39 is 0 Å². The van der Waals surface area contributed by atoms with Crippen molar-refractivity contribution in [3.05, 3.63) is 64.2 Å². The molecule has 4 nitrogen and oxygen atoms in total. The maximum Gasteiger partial charge on any atom is 0.337 e. The number of nitrogens with one attached hydrogen (secondary N) is 1. The Morgan fingerprint density at radius 2 is 1.96 bits per heavy atom. The van der Waals surface area contributed by atoms with Gasteiger partial charge in [-0.1, -0.05) is 29.8 Å². The molecule has 1 fully saturated rings. The summed E-state index contributed by atoms with van der Waals surface area (Å²) >= 11 is 0. The van der Waals surface area contributed by atoms with E-state index in [2.05, 4.69) is 31.3 Å². The Bertz CT molecular complexity index is 828. The molecule has 0 radical (unpaired) electrons. The molecule has 2 aliphatic heterocycles. The van der Waals surface area contributed by atoms with Gasteiger partial charge in [0.25, 0.3) is 0 Å². The van der Waals surface area contributed by atoms with Crippen molar-refractivity contribution in [3.63, 3.8) is 0 Å². The molecule has 2 aliphatic rings. The van der Waals surface area contributed by atoms with Gasteiger partial charge in [-0.25, -0.2) is 4.79 Å². The fraction of sp³-hybridized carbons (Fsp3) is 0.409. The summed E-state index contributed by atoms with van der Waals surface area (Å²) in [6, 6.07) is 12.4. The molecule has 2 aromatic carbocycles. The zero-order valence-corrected chi connectivity index (χ0v) is 15.5. The van der Waals surface area contributed by atoms with Gasteiger partial charge in [0.2, 0.25) is 0 Å². The van der Waals surface area contributed by atoms with Gasteiger partial charge >= 0.3 is 5.97 Å². The third-order valence-corrected chi connectivity index (χ3v) is 5.60. The highest BCUT2D eigenvalue weighted by atomic mass is 16.5. The number of hydrogen-bond donors (Lipinski definition) is 1. The SMILES string of the molecule is COC(=O)c1ccc([C@@H]2Nc3c(C)cc(C)cc3[C@H]3OCCC[C@H]32)cc1. The Labute approximate surface area is 154 Å². The number of ether oxygens (including phenoxy) is 2. The minimum absolute atomic E-state index is 0.129. The quantitative estimate of drug-likeness (QED) is 0.795. The maximum atomic E-state index is 11.7. The fourth-order valence-corrected chi connectivity index (χ4v) is 4.43. The lowest BCUT2D eigenvalue weighted by Gasteiger charge is -2.44. The molecule has 0 saturated carbocycles. The number of methoxy groups -OCH3 is 1. The smallest absolute Gasteiger partial charge is 0.337 e. The molecule has 2 aromatic rings. The van der Waals surface area contributed by atoms with Crippen molar-refractivity contribution in [2.45, 2.75) is 38.8 Å². The fourth-order valence-electron chi connectivity index (χ4n) is 4.43. The third kappa shape index (κ3) is 2.88. The van der Waals surface area contributed by atoms with Crippen LogP contribution in [-0.2, 0) is 9.47 Å². The number of rotatable bonds is 2. The predicted octanol–water partition coefficient (Wildman–Crippen LogP) is 4.72. The maximum absolute atomic E-state index is 11.7. The van der Waals surface area contributed by atoms with E-state index in [0.717, 1.165) is 19.4 Å². The van der Waals surface area contributed by atoms with Crippen LogP contribution >= 0.6 is 0 Å². The van der Waals surface area contributed by atoms with E-state index in [1.807, 2.05) is 24.3 Å². The summed E-state index contributed by atoms with van der Waals surface area (Å²) in [5.41, 5.74) is 6.77. The highest BCUT2D eigenvalue weighted by Crippen LogP contribution is 2.50. The van der Waals surface area contributed by atoms with Gasteiger partial charge in [-0.3, -0.25) is 0 Å². The molecule has 0 spiro atoms. The Morgan fingerprint density at radius 1 is 1.19 bits per heavy atom. The van der Waals surface area contributed by atoms with E-state index in [0.29, 0.717) is 11.5 Å². The molecule has 1 N–H and O–H groups in total. The van der Waals surface area contributed by atoms with Crippen LogP contribution in [-0.4, -0.2) is 19.7 Å². The van der Waals surface area contributed by atoms with Gasteiger partial charge in [-0.15, -0.1) is 0 Å². The van der Waals surface area contributed by atoms with Crippen LogP contribution < -0.4 is 5.32 Å². The van der Waals surface area contributed by atoms with Gasteiger partial charge in [-0.05, 0) is 49.9 Å². The first kappa shape index (κ1) is 17.1. The number of benzene rings is 2. The molecule has 136 valence electrons. The molecule has 3 atom stereocenters. The number of aryl methyl sites for hydroxylation is 2. The van der Waals surface area contributed by atoms with Crippen molar-refractivity contribution >= 4 is 11.7 Å². The summed E-state index contributed by atoms with van der Waals surface area (Å²) in [6.45, 7) is 5.11. The molecule has 4 heteroatoms. The first-order chi connectivity index (χ1) is 12.6. The van der Waals surface area contributed by atoms with E-state index in [1.165, 1.54) is 35.1 Å². The number of esters is 1.